The molecular weight excluding hydrogens is 311 g/mol. The first-order valence-electron chi connectivity index (χ1n) is 5.45. The molecule has 0 spiro atoms. The van der Waals surface area contributed by atoms with Crippen LogP contribution in [0.5, 0.6) is 0 Å². The van der Waals surface area contributed by atoms with E-state index in [1.807, 2.05) is 18.2 Å². The van der Waals surface area contributed by atoms with Crippen molar-refractivity contribution in [3.63, 3.8) is 0 Å². The van der Waals surface area contributed by atoms with Crippen LogP contribution in [0.4, 0.5) is 13.2 Å². The number of rotatable bonds is 1. The predicted molar refractivity (Wildman–Crippen MR) is 64.2 cm³/mol. The summed E-state index contributed by atoms with van der Waals surface area (Å²) in [7, 11) is 0. The van der Waals surface area contributed by atoms with Crippen molar-refractivity contribution in [2.45, 2.75) is 24.5 Å². The zero-order chi connectivity index (χ0) is 13.3. The Morgan fingerprint density at radius 1 is 1.39 bits per heavy atom. The van der Waals surface area contributed by atoms with Crippen molar-refractivity contribution in [2.75, 3.05) is 6.54 Å². The molecule has 2 rings (SSSR count). The highest BCUT2D eigenvalue weighted by Gasteiger charge is 2.43. The van der Waals surface area contributed by atoms with Crippen molar-refractivity contribution in [3.8, 4) is 0 Å². The Labute approximate surface area is 111 Å². The lowest BCUT2D eigenvalue weighted by atomic mass is 9.95. The van der Waals surface area contributed by atoms with Gasteiger partial charge in [-0.1, -0.05) is 34.1 Å². The van der Waals surface area contributed by atoms with E-state index in [1.165, 1.54) is 0 Å². The van der Waals surface area contributed by atoms with Gasteiger partial charge in [-0.2, -0.15) is 13.2 Å². The van der Waals surface area contributed by atoms with E-state index in [2.05, 4.69) is 15.9 Å². The van der Waals surface area contributed by atoms with Crippen molar-refractivity contribution in [1.29, 1.82) is 0 Å². The highest BCUT2D eigenvalue weighted by atomic mass is 79.9. The molecule has 1 aromatic rings. The molecule has 0 radical (unpaired) electrons. The second-order valence-corrected chi connectivity index (χ2v) is 4.72. The van der Waals surface area contributed by atoms with Crippen LogP contribution >= 0.6 is 15.9 Å². The third-order valence-electron chi connectivity index (χ3n) is 3.04. The van der Waals surface area contributed by atoms with Gasteiger partial charge >= 0.3 is 12.1 Å². The average molecular weight is 322 g/mol. The summed E-state index contributed by atoms with van der Waals surface area (Å²) in [5, 5.41) is 0.574. The molecule has 1 amide bonds. The first-order chi connectivity index (χ1) is 8.43. The largest absolute Gasteiger partial charge is 0.471 e. The zero-order valence-corrected chi connectivity index (χ0v) is 11.0. The fourth-order valence-corrected chi connectivity index (χ4v) is 2.65. The first-order valence-corrected chi connectivity index (χ1v) is 6.57. The topological polar surface area (TPSA) is 20.3 Å². The van der Waals surface area contributed by atoms with Gasteiger partial charge in [0.15, 0.2) is 0 Å². The molecule has 2 nitrogen and oxygen atoms in total. The molecule has 0 atom stereocenters. The molecular formula is C12H11BrF3NO. The van der Waals surface area contributed by atoms with Gasteiger partial charge in [-0.25, -0.2) is 0 Å². The standard InChI is InChI=1S/C12H11BrF3NO/c13-6-9-3-1-2-8-4-5-17(7-10(8)9)11(18)12(14,15)16/h1-3H,4-7H2. The summed E-state index contributed by atoms with van der Waals surface area (Å²) >= 11 is 3.31. The number of hydrogen-bond acceptors (Lipinski definition) is 1. The maximum absolute atomic E-state index is 12.4. The average Bonchev–Trinajstić information content (AvgIpc) is 2.35. The lowest BCUT2D eigenvalue weighted by molar-refractivity contribution is -0.186. The van der Waals surface area contributed by atoms with Crippen LogP contribution in [0, 0.1) is 0 Å². The molecule has 1 aliphatic heterocycles. The van der Waals surface area contributed by atoms with E-state index in [9.17, 15) is 18.0 Å². The summed E-state index contributed by atoms with van der Waals surface area (Å²) in [6, 6.07) is 5.64. The van der Waals surface area contributed by atoms with Crippen molar-refractivity contribution < 1.29 is 18.0 Å². The summed E-state index contributed by atoms with van der Waals surface area (Å²) in [6.07, 6.45) is -4.32. The van der Waals surface area contributed by atoms with E-state index in [-0.39, 0.29) is 13.1 Å². The van der Waals surface area contributed by atoms with Crippen LogP contribution in [0.15, 0.2) is 18.2 Å². The molecule has 1 heterocycles. The minimum absolute atomic E-state index is 0.0372. The smallest absolute Gasteiger partial charge is 0.330 e. The van der Waals surface area contributed by atoms with Gasteiger partial charge in [-0.15, -0.1) is 0 Å². The Morgan fingerprint density at radius 2 is 2.11 bits per heavy atom. The molecule has 0 saturated heterocycles. The summed E-state index contributed by atoms with van der Waals surface area (Å²) in [5.41, 5.74) is 2.79. The van der Waals surface area contributed by atoms with Crippen molar-refractivity contribution in [3.05, 3.63) is 34.9 Å². The molecule has 0 fully saturated rings. The third-order valence-corrected chi connectivity index (χ3v) is 3.65. The molecule has 0 saturated carbocycles. The molecule has 0 bridgehead atoms. The number of fused-ring (bicyclic) bond motifs is 1. The minimum Gasteiger partial charge on any atom is -0.330 e. The maximum atomic E-state index is 12.4. The predicted octanol–water partition coefficient (Wildman–Crippen LogP) is 3.03. The number of benzene rings is 1. The van der Waals surface area contributed by atoms with Gasteiger partial charge in [-0.05, 0) is 23.1 Å². The van der Waals surface area contributed by atoms with Gasteiger partial charge in [-0.3, -0.25) is 4.79 Å². The number of alkyl halides is 4. The number of hydrogen-bond donors (Lipinski definition) is 0. The Bertz CT molecular complexity index is 459. The van der Waals surface area contributed by atoms with E-state index >= 15 is 0 Å². The van der Waals surface area contributed by atoms with Gasteiger partial charge in [0.1, 0.15) is 0 Å². The normalized spacial score (nSPS) is 15.4. The molecule has 0 aliphatic carbocycles. The van der Waals surface area contributed by atoms with Gasteiger partial charge in [0.25, 0.3) is 0 Å². The van der Waals surface area contributed by atoms with Gasteiger partial charge in [0.05, 0.1) is 0 Å². The number of nitrogens with zero attached hydrogens (tertiary/aromatic N) is 1. The summed E-state index contributed by atoms with van der Waals surface area (Å²) in [4.78, 5) is 12.1. The number of amides is 1. The second-order valence-electron chi connectivity index (χ2n) is 4.16. The molecule has 98 valence electrons. The zero-order valence-electron chi connectivity index (χ0n) is 9.43. The van der Waals surface area contributed by atoms with Gasteiger partial charge in [0.2, 0.25) is 0 Å². The highest BCUT2D eigenvalue weighted by Crippen LogP contribution is 2.27. The van der Waals surface area contributed by atoms with E-state index in [4.69, 9.17) is 0 Å². The van der Waals surface area contributed by atoms with Crippen LogP contribution in [-0.2, 0) is 23.1 Å². The molecule has 0 N–H and O–H groups in total. The quantitative estimate of drug-likeness (QED) is 0.728. The molecule has 1 aliphatic rings. The summed E-state index contributed by atoms with van der Waals surface area (Å²) < 4.78 is 37.2. The lowest BCUT2D eigenvalue weighted by Crippen LogP contribution is -2.43. The van der Waals surface area contributed by atoms with Crippen molar-refractivity contribution in [2.24, 2.45) is 0 Å². The third kappa shape index (κ3) is 2.53. The van der Waals surface area contributed by atoms with Crippen molar-refractivity contribution in [1.82, 2.24) is 4.90 Å². The van der Waals surface area contributed by atoms with E-state index in [0.29, 0.717) is 11.8 Å². The van der Waals surface area contributed by atoms with Gasteiger partial charge < -0.3 is 4.90 Å². The fourth-order valence-electron chi connectivity index (χ4n) is 2.13. The Balaban J connectivity index is 2.27. The van der Waals surface area contributed by atoms with Gasteiger partial charge in [0, 0.05) is 18.4 Å². The van der Waals surface area contributed by atoms with E-state index < -0.39 is 12.1 Å². The SMILES string of the molecule is O=C(N1CCc2cccc(CBr)c2C1)C(F)(F)F. The molecule has 0 aromatic heterocycles. The minimum atomic E-state index is -4.79. The van der Waals surface area contributed by atoms with Crippen LogP contribution in [0.1, 0.15) is 16.7 Å². The number of carbonyl (C=O) groups excluding carboxylic acids is 1. The monoisotopic (exact) mass is 321 g/mol. The van der Waals surface area contributed by atoms with E-state index in [0.717, 1.165) is 21.6 Å². The van der Waals surface area contributed by atoms with Crippen LogP contribution in [0.25, 0.3) is 0 Å². The maximum Gasteiger partial charge on any atom is 0.471 e. The Kier molecular flexibility index (Phi) is 3.66. The molecule has 1 aromatic carbocycles. The van der Waals surface area contributed by atoms with Crippen molar-refractivity contribution >= 4 is 21.8 Å². The summed E-state index contributed by atoms with van der Waals surface area (Å²) in [6.45, 7) is 0.159. The van der Waals surface area contributed by atoms with Crippen LogP contribution in [0.2, 0.25) is 0 Å². The van der Waals surface area contributed by atoms with Crippen LogP contribution in [0.3, 0.4) is 0 Å². The molecule has 0 unspecified atom stereocenters. The Morgan fingerprint density at radius 3 is 2.72 bits per heavy atom. The highest BCUT2D eigenvalue weighted by molar-refractivity contribution is 9.08. The Hall–Kier alpha value is -1.04. The first kappa shape index (κ1) is 13.4. The number of carbonyl (C=O) groups is 1. The van der Waals surface area contributed by atoms with Crippen LogP contribution in [-0.4, -0.2) is 23.5 Å². The lowest BCUT2D eigenvalue weighted by Gasteiger charge is -2.30. The summed E-state index contributed by atoms with van der Waals surface area (Å²) in [5.74, 6) is -1.75. The van der Waals surface area contributed by atoms with Crippen LogP contribution < -0.4 is 0 Å². The second kappa shape index (κ2) is 4.91. The molecule has 6 heteroatoms. The molecule has 18 heavy (non-hydrogen) atoms. The van der Waals surface area contributed by atoms with E-state index in [1.54, 1.807) is 0 Å². The number of halogens is 4. The fraction of sp³-hybridized carbons (Fsp3) is 0.417.